The lowest BCUT2D eigenvalue weighted by atomic mass is 9.80. The Bertz CT molecular complexity index is 926. The summed E-state index contributed by atoms with van der Waals surface area (Å²) in [7, 11) is 0. The Kier molecular flexibility index (Phi) is 4.07. The summed E-state index contributed by atoms with van der Waals surface area (Å²) in [5.74, 6) is 1.53. The first kappa shape index (κ1) is 15.7. The Morgan fingerprint density at radius 3 is 1.82 bits per heavy atom. The quantitative estimate of drug-likeness (QED) is 0.520. The van der Waals surface area contributed by atoms with E-state index in [1.165, 1.54) is 11.9 Å². The van der Waals surface area contributed by atoms with E-state index in [0.29, 0.717) is 0 Å². The van der Waals surface area contributed by atoms with E-state index < -0.39 is 22.1 Å². The van der Waals surface area contributed by atoms with E-state index >= 15 is 0 Å². The first-order chi connectivity index (χ1) is 10.5. The third-order valence-electron chi connectivity index (χ3n) is 3.02. The van der Waals surface area contributed by atoms with Gasteiger partial charge < -0.3 is 5.41 Å². The summed E-state index contributed by atoms with van der Waals surface area (Å²) in [4.78, 5) is 0. The highest BCUT2D eigenvalue weighted by molar-refractivity contribution is 5.86. The monoisotopic (exact) mass is 280 g/mol. The normalized spacial score (nSPS) is 14.3. The zero-order valence-electron chi connectivity index (χ0n) is 10.8. The highest BCUT2D eigenvalue weighted by atomic mass is 14.5. The van der Waals surface area contributed by atoms with E-state index in [2.05, 4.69) is 6.58 Å². The lowest BCUT2D eigenvalue weighted by Crippen LogP contribution is -2.17. The molecule has 7 nitrogen and oxygen atoms in total. The average Bonchev–Trinajstić information content (AvgIpc) is 2.79. The van der Waals surface area contributed by atoms with Gasteiger partial charge in [-0.05, 0) is 5.57 Å². The molecule has 22 heavy (non-hydrogen) atoms. The highest BCUT2D eigenvalue weighted by Gasteiger charge is 2.50. The minimum atomic E-state index is -2.14. The van der Waals surface area contributed by atoms with Crippen molar-refractivity contribution < 1.29 is 0 Å². The van der Waals surface area contributed by atoms with E-state index in [9.17, 15) is 15.8 Å². The third-order valence-corrected chi connectivity index (χ3v) is 3.02. The molecule has 7 heteroatoms. The zero-order valence-corrected chi connectivity index (χ0v) is 10.8. The second-order valence-electron chi connectivity index (χ2n) is 3.89. The molecule has 98 valence electrons. The lowest BCUT2D eigenvalue weighted by Gasteiger charge is -2.12. The van der Waals surface area contributed by atoms with Crippen molar-refractivity contribution in [2.75, 3.05) is 0 Å². The molecule has 0 fully saturated rings. The summed E-state index contributed by atoms with van der Waals surface area (Å²) in [6, 6.07) is 9.49. The molecule has 1 aliphatic rings. The second-order valence-corrected chi connectivity index (χ2v) is 3.89. The van der Waals surface area contributed by atoms with Gasteiger partial charge in [0.15, 0.2) is 0 Å². The number of hydrogen-bond donors (Lipinski definition) is 0. The van der Waals surface area contributed by atoms with Gasteiger partial charge in [0.2, 0.25) is 5.41 Å². The van der Waals surface area contributed by atoms with Crippen LogP contribution in [-0.2, 0) is 0 Å². The molecule has 0 unspecified atom stereocenters. The largest absolute Gasteiger partial charge is 0.762 e. The maximum atomic E-state index is 9.30. The fourth-order valence-corrected chi connectivity index (χ4v) is 2.01. The van der Waals surface area contributed by atoms with Crippen LogP contribution in [0.2, 0.25) is 0 Å². The van der Waals surface area contributed by atoms with Crippen LogP contribution >= 0.6 is 0 Å². The van der Waals surface area contributed by atoms with Crippen molar-refractivity contribution in [2.45, 2.75) is 0 Å². The molecule has 0 radical (unpaired) electrons. The van der Waals surface area contributed by atoms with Gasteiger partial charge >= 0.3 is 0 Å². The fourth-order valence-electron chi connectivity index (χ4n) is 2.01. The number of nitriles is 6. The first-order valence-corrected chi connectivity index (χ1v) is 5.42. The predicted octanol–water partition coefficient (Wildman–Crippen LogP) is 1.44. The molecular weight excluding hydrogens is 278 g/mol. The Balaban J connectivity index is 4.22. The van der Waals surface area contributed by atoms with E-state index in [4.69, 9.17) is 21.2 Å². The van der Waals surface area contributed by atoms with Gasteiger partial charge in [-0.25, -0.2) is 5.87 Å². The van der Waals surface area contributed by atoms with Crippen molar-refractivity contribution in [1.29, 1.82) is 31.6 Å². The maximum Gasteiger partial charge on any atom is 0.204 e. The summed E-state index contributed by atoms with van der Waals surface area (Å²) in [5, 5.41) is 63.9. The summed E-state index contributed by atoms with van der Waals surface area (Å²) < 4.78 is 0. The molecule has 0 aliphatic heterocycles. The van der Waals surface area contributed by atoms with Crippen LogP contribution in [0.4, 0.5) is 0 Å². The van der Waals surface area contributed by atoms with Crippen LogP contribution in [0.3, 0.4) is 0 Å². The molecule has 0 N–H and O–H groups in total. The first-order valence-electron chi connectivity index (χ1n) is 5.42. The molecular formula is C15H2N7-. The van der Waals surface area contributed by atoms with Crippen molar-refractivity contribution in [3.8, 4) is 36.4 Å². The molecule has 1 aliphatic carbocycles. The van der Waals surface area contributed by atoms with E-state index in [0.717, 1.165) is 0 Å². The smallest absolute Gasteiger partial charge is 0.204 e. The summed E-state index contributed by atoms with van der Waals surface area (Å²) in [6.45, 7) is 3.52. The number of hydrogen-bond acceptors (Lipinski definition) is 6. The third kappa shape index (κ3) is 1.75. The van der Waals surface area contributed by atoms with Gasteiger partial charge in [-0.2, -0.15) is 31.6 Å². The van der Waals surface area contributed by atoms with Gasteiger partial charge in [-0.15, -0.1) is 0 Å². The maximum absolute atomic E-state index is 9.30. The molecule has 0 aromatic carbocycles. The van der Waals surface area contributed by atoms with Crippen LogP contribution in [-0.4, -0.2) is 5.87 Å². The molecule has 0 aromatic rings. The van der Waals surface area contributed by atoms with Gasteiger partial charge in [0, 0.05) is 11.1 Å². The van der Waals surface area contributed by atoms with Crippen LogP contribution < -0.4 is 0 Å². The van der Waals surface area contributed by atoms with Crippen molar-refractivity contribution >= 4 is 5.87 Å². The van der Waals surface area contributed by atoms with Crippen LogP contribution in [0.1, 0.15) is 0 Å². The molecule has 0 saturated carbocycles. The molecule has 0 heterocycles. The Hall–Kier alpha value is -4.39. The number of allylic oxidation sites excluding steroid dienone is 6. The molecule has 0 spiro atoms. The Labute approximate surface area is 125 Å². The minimum absolute atomic E-state index is 0.273. The number of rotatable bonds is 1. The molecule has 0 aromatic heterocycles. The van der Waals surface area contributed by atoms with E-state index in [1.807, 2.05) is 0 Å². The van der Waals surface area contributed by atoms with Crippen molar-refractivity contribution in [3.63, 3.8) is 0 Å². The van der Waals surface area contributed by atoms with Crippen LogP contribution in [0.15, 0.2) is 40.0 Å². The van der Waals surface area contributed by atoms with Gasteiger partial charge in [0.1, 0.15) is 23.8 Å². The van der Waals surface area contributed by atoms with Gasteiger partial charge in [-0.3, -0.25) is 0 Å². The van der Waals surface area contributed by atoms with Crippen LogP contribution in [0.5, 0.6) is 0 Å². The fraction of sp³-hybridized carbons (Fsp3) is 0.0667. The van der Waals surface area contributed by atoms with E-state index in [1.54, 1.807) is 30.3 Å². The van der Waals surface area contributed by atoms with Crippen LogP contribution in [0, 0.1) is 73.4 Å². The Morgan fingerprint density at radius 1 is 0.955 bits per heavy atom. The highest BCUT2D eigenvalue weighted by Crippen LogP contribution is 2.51. The molecule has 0 saturated heterocycles. The summed E-state index contributed by atoms with van der Waals surface area (Å²) in [5.41, 5.74) is -4.67. The topological polar surface area (TPSA) is 165 Å². The summed E-state index contributed by atoms with van der Waals surface area (Å²) >= 11 is 0. The lowest BCUT2D eigenvalue weighted by molar-refractivity contribution is 0.798. The SMILES string of the molecule is C=C1C(=C(C#N)C#N)C(C(=C=[N-])C#N)=C(C#N)C1(C#N)C#N. The second kappa shape index (κ2) is 5.72. The van der Waals surface area contributed by atoms with Crippen molar-refractivity contribution in [3.05, 3.63) is 45.4 Å². The molecule has 0 bridgehead atoms. The average molecular weight is 280 g/mol. The molecule has 1 rings (SSSR count). The molecule has 0 amide bonds. The minimum Gasteiger partial charge on any atom is -0.762 e. The van der Waals surface area contributed by atoms with Crippen LogP contribution in [0.25, 0.3) is 5.41 Å². The Morgan fingerprint density at radius 2 is 1.50 bits per heavy atom. The standard InChI is InChI=1S/C15H2N7/c1-9-13(10(2-16)3-17)14(11(4-18)5-19)12(6-20)15(9,7-21)8-22/h1H2/q-1. The van der Waals surface area contributed by atoms with Gasteiger partial charge in [-0.1, -0.05) is 6.58 Å². The summed E-state index contributed by atoms with van der Waals surface area (Å²) in [6.07, 6.45) is 0. The predicted molar refractivity (Wildman–Crippen MR) is 71.2 cm³/mol. The molecule has 0 atom stereocenters. The van der Waals surface area contributed by atoms with E-state index in [-0.39, 0.29) is 16.7 Å². The van der Waals surface area contributed by atoms with Gasteiger partial charge in [0.05, 0.1) is 29.4 Å². The number of nitrogens with zero attached hydrogens (tertiary/aromatic N) is 7. The van der Waals surface area contributed by atoms with Gasteiger partial charge in [0.25, 0.3) is 0 Å². The zero-order chi connectivity index (χ0) is 16.9. The van der Waals surface area contributed by atoms with Crippen molar-refractivity contribution in [1.82, 2.24) is 0 Å². The van der Waals surface area contributed by atoms with Crippen molar-refractivity contribution in [2.24, 2.45) is 5.41 Å².